The molecular weight excluding hydrogens is 253 g/mol. The first-order valence-electron chi connectivity index (χ1n) is 7.84. The molecule has 4 heteroatoms. The number of aromatic nitrogens is 1. The van der Waals surface area contributed by atoms with Gasteiger partial charge in [-0.15, -0.1) is 0 Å². The predicted molar refractivity (Wildman–Crippen MR) is 81.4 cm³/mol. The Morgan fingerprint density at radius 3 is 2.95 bits per heavy atom. The molecule has 0 amide bonds. The molecule has 1 aliphatic heterocycles. The van der Waals surface area contributed by atoms with Gasteiger partial charge in [0.25, 0.3) is 0 Å². The van der Waals surface area contributed by atoms with Crippen LogP contribution in [0.2, 0.25) is 0 Å². The number of pyridine rings is 1. The zero-order valence-electron chi connectivity index (χ0n) is 12.7. The molecule has 1 unspecified atom stereocenters. The third-order valence-electron chi connectivity index (χ3n) is 4.20. The number of halogens is 1. The van der Waals surface area contributed by atoms with Gasteiger partial charge in [0.15, 0.2) is 0 Å². The number of hydrogen-bond acceptors (Lipinski definition) is 3. The van der Waals surface area contributed by atoms with E-state index in [2.05, 4.69) is 29.0 Å². The molecule has 2 heterocycles. The van der Waals surface area contributed by atoms with E-state index in [0.717, 1.165) is 36.9 Å². The summed E-state index contributed by atoms with van der Waals surface area (Å²) in [5, 5.41) is 3.27. The lowest BCUT2D eigenvalue weighted by atomic mass is 9.98. The van der Waals surface area contributed by atoms with Gasteiger partial charge >= 0.3 is 0 Å². The second-order valence-corrected chi connectivity index (χ2v) is 5.61. The molecule has 1 aromatic rings. The van der Waals surface area contributed by atoms with E-state index in [9.17, 15) is 4.39 Å². The standard InChI is InChI=1S/C16H26FN3/c1-3-13-6-5-8-20(9-7-13)16-14(11-18-4-2)10-15(17)12-19-16/h10,12-13,18H,3-9,11H2,1-2H3. The maximum Gasteiger partial charge on any atom is 0.141 e. The molecule has 1 N–H and O–H groups in total. The zero-order chi connectivity index (χ0) is 14.4. The van der Waals surface area contributed by atoms with Crippen LogP contribution in [-0.2, 0) is 6.54 Å². The fourth-order valence-electron chi connectivity index (χ4n) is 2.93. The fourth-order valence-corrected chi connectivity index (χ4v) is 2.93. The molecule has 0 aliphatic carbocycles. The molecule has 1 saturated heterocycles. The van der Waals surface area contributed by atoms with E-state index < -0.39 is 0 Å². The van der Waals surface area contributed by atoms with Crippen molar-refractivity contribution >= 4 is 5.82 Å². The molecule has 1 fully saturated rings. The van der Waals surface area contributed by atoms with Crippen LogP contribution in [0.15, 0.2) is 12.3 Å². The summed E-state index contributed by atoms with van der Waals surface area (Å²) >= 11 is 0. The van der Waals surface area contributed by atoms with E-state index in [4.69, 9.17) is 0 Å². The summed E-state index contributed by atoms with van der Waals surface area (Å²) in [4.78, 5) is 6.69. The number of nitrogens with zero attached hydrogens (tertiary/aromatic N) is 2. The first-order valence-corrected chi connectivity index (χ1v) is 7.84. The minimum atomic E-state index is -0.247. The SMILES string of the molecule is CCNCc1cc(F)cnc1N1CCCC(CC)CC1. The van der Waals surface area contributed by atoms with Crippen molar-refractivity contribution in [3.8, 4) is 0 Å². The van der Waals surface area contributed by atoms with Gasteiger partial charge in [-0.1, -0.05) is 20.3 Å². The van der Waals surface area contributed by atoms with E-state index in [1.54, 1.807) is 6.07 Å². The van der Waals surface area contributed by atoms with Crippen molar-refractivity contribution in [2.45, 2.75) is 46.1 Å². The summed E-state index contributed by atoms with van der Waals surface area (Å²) in [5.41, 5.74) is 0.974. The third kappa shape index (κ3) is 3.92. The molecule has 0 spiro atoms. The molecule has 1 atom stereocenters. The van der Waals surface area contributed by atoms with Crippen LogP contribution in [0.5, 0.6) is 0 Å². The average Bonchev–Trinajstić information content (AvgIpc) is 2.70. The van der Waals surface area contributed by atoms with E-state index >= 15 is 0 Å². The Morgan fingerprint density at radius 2 is 2.20 bits per heavy atom. The van der Waals surface area contributed by atoms with Crippen LogP contribution in [0.3, 0.4) is 0 Å². The lowest BCUT2D eigenvalue weighted by Gasteiger charge is -2.24. The van der Waals surface area contributed by atoms with Gasteiger partial charge in [-0.3, -0.25) is 0 Å². The van der Waals surface area contributed by atoms with Crippen LogP contribution in [-0.4, -0.2) is 24.6 Å². The van der Waals surface area contributed by atoms with E-state index in [1.807, 2.05) is 0 Å². The second kappa shape index (κ2) is 7.58. The molecule has 0 aromatic carbocycles. The maximum atomic E-state index is 13.4. The molecule has 0 saturated carbocycles. The lowest BCUT2D eigenvalue weighted by Crippen LogP contribution is -2.27. The first kappa shape index (κ1) is 15.2. The minimum Gasteiger partial charge on any atom is -0.356 e. The van der Waals surface area contributed by atoms with Crippen molar-refractivity contribution < 1.29 is 4.39 Å². The van der Waals surface area contributed by atoms with Crippen LogP contribution in [0.25, 0.3) is 0 Å². The van der Waals surface area contributed by atoms with Crippen molar-refractivity contribution in [2.75, 3.05) is 24.5 Å². The highest BCUT2D eigenvalue weighted by Gasteiger charge is 2.19. The third-order valence-corrected chi connectivity index (χ3v) is 4.20. The number of rotatable bonds is 5. The van der Waals surface area contributed by atoms with Gasteiger partial charge in [0.2, 0.25) is 0 Å². The molecule has 3 nitrogen and oxygen atoms in total. The summed E-state index contributed by atoms with van der Waals surface area (Å²) < 4.78 is 13.4. The Morgan fingerprint density at radius 1 is 1.35 bits per heavy atom. The lowest BCUT2D eigenvalue weighted by molar-refractivity contribution is 0.459. The number of nitrogens with one attached hydrogen (secondary N) is 1. The van der Waals surface area contributed by atoms with Crippen LogP contribution < -0.4 is 10.2 Å². The Bertz CT molecular complexity index is 422. The van der Waals surface area contributed by atoms with Crippen molar-refractivity contribution in [1.82, 2.24) is 10.3 Å². The van der Waals surface area contributed by atoms with Gasteiger partial charge in [0, 0.05) is 25.2 Å². The maximum absolute atomic E-state index is 13.4. The zero-order valence-corrected chi connectivity index (χ0v) is 12.7. The van der Waals surface area contributed by atoms with Crippen LogP contribution in [0.1, 0.15) is 45.1 Å². The summed E-state index contributed by atoms with van der Waals surface area (Å²) in [5.74, 6) is 1.55. The summed E-state index contributed by atoms with van der Waals surface area (Å²) in [6, 6.07) is 1.62. The van der Waals surface area contributed by atoms with Gasteiger partial charge < -0.3 is 10.2 Å². The van der Waals surface area contributed by atoms with Crippen molar-refractivity contribution in [3.05, 3.63) is 23.6 Å². The van der Waals surface area contributed by atoms with Crippen molar-refractivity contribution in [3.63, 3.8) is 0 Å². The molecule has 0 radical (unpaired) electrons. The summed E-state index contributed by atoms with van der Waals surface area (Å²) in [6.07, 6.45) is 6.33. The van der Waals surface area contributed by atoms with Crippen LogP contribution in [0.4, 0.5) is 10.2 Å². The van der Waals surface area contributed by atoms with Crippen LogP contribution >= 0.6 is 0 Å². The minimum absolute atomic E-state index is 0.247. The normalized spacial score (nSPS) is 19.9. The fraction of sp³-hybridized carbons (Fsp3) is 0.688. The topological polar surface area (TPSA) is 28.2 Å². The van der Waals surface area contributed by atoms with Gasteiger partial charge in [-0.25, -0.2) is 9.37 Å². The molecule has 1 aliphatic rings. The van der Waals surface area contributed by atoms with Crippen molar-refractivity contribution in [1.29, 1.82) is 0 Å². The highest BCUT2D eigenvalue weighted by Crippen LogP contribution is 2.25. The van der Waals surface area contributed by atoms with Gasteiger partial charge in [-0.05, 0) is 37.8 Å². The Kier molecular flexibility index (Phi) is 5.77. The highest BCUT2D eigenvalue weighted by atomic mass is 19.1. The summed E-state index contributed by atoms with van der Waals surface area (Å²) in [6.45, 7) is 7.97. The van der Waals surface area contributed by atoms with Gasteiger partial charge in [0.05, 0.1) is 6.20 Å². The Hall–Kier alpha value is -1.16. The smallest absolute Gasteiger partial charge is 0.141 e. The predicted octanol–water partition coefficient (Wildman–Crippen LogP) is 3.35. The monoisotopic (exact) mass is 279 g/mol. The molecule has 1 aromatic heterocycles. The number of anilines is 1. The van der Waals surface area contributed by atoms with E-state index in [1.165, 1.54) is 31.9 Å². The highest BCUT2D eigenvalue weighted by molar-refractivity contribution is 5.47. The molecule has 112 valence electrons. The van der Waals surface area contributed by atoms with E-state index in [-0.39, 0.29) is 5.82 Å². The Labute approximate surface area is 121 Å². The summed E-state index contributed by atoms with van der Waals surface area (Å²) in [7, 11) is 0. The molecule has 0 bridgehead atoms. The number of hydrogen-bond donors (Lipinski definition) is 1. The molecule has 20 heavy (non-hydrogen) atoms. The van der Waals surface area contributed by atoms with Gasteiger partial charge in [0.1, 0.15) is 11.6 Å². The molecular formula is C16H26FN3. The molecule has 2 rings (SSSR count). The average molecular weight is 279 g/mol. The van der Waals surface area contributed by atoms with Crippen LogP contribution in [0, 0.1) is 11.7 Å². The van der Waals surface area contributed by atoms with E-state index in [0.29, 0.717) is 6.54 Å². The quantitative estimate of drug-likeness (QED) is 0.896. The first-order chi connectivity index (χ1) is 9.74. The second-order valence-electron chi connectivity index (χ2n) is 5.61. The van der Waals surface area contributed by atoms with Crippen molar-refractivity contribution in [2.24, 2.45) is 5.92 Å². The van der Waals surface area contributed by atoms with Gasteiger partial charge in [-0.2, -0.15) is 0 Å². The Balaban J connectivity index is 2.13. The largest absolute Gasteiger partial charge is 0.356 e.